The number of benzene rings is 3. The number of aryl methyl sites for hydroxylation is 1. The predicted octanol–water partition coefficient (Wildman–Crippen LogP) is 6.03. The van der Waals surface area contributed by atoms with Crippen molar-refractivity contribution in [2.75, 3.05) is 12.4 Å². The van der Waals surface area contributed by atoms with Gasteiger partial charge < -0.3 is 14.6 Å². The van der Waals surface area contributed by atoms with Gasteiger partial charge >= 0.3 is 6.18 Å². The van der Waals surface area contributed by atoms with Gasteiger partial charge in [0.1, 0.15) is 16.5 Å². The highest BCUT2D eigenvalue weighted by Crippen LogP contribution is 2.39. The molecule has 12 heteroatoms. The molecule has 0 radical (unpaired) electrons. The molecule has 0 aliphatic carbocycles. The number of methoxy groups -OCH3 is 1. The van der Waals surface area contributed by atoms with Crippen molar-refractivity contribution in [2.24, 2.45) is 7.05 Å². The van der Waals surface area contributed by atoms with Gasteiger partial charge in [-0.15, -0.1) is 0 Å². The molecule has 0 aliphatic rings. The van der Waals surface area contributed by atoms with Crippen molar-refractivity contribution in [3.05, 3.63) is 95.6 Å². The number of carbonyl (C=O) groups is 1. The Bertz CT molecular complexity index is 1730. The van der Waals surface area contributed by atoms with Crippen LogP contribution in [0.4, 0.5) is 18.9 Å². The number of nitrogens with zero attached hydrogens (tertiary/aromatic N) is 2. The molecule has 222 valence electrons. The van der Waals surface area contributed by atoms with Gasteiger partial charge in [-0.05, 0) is 73.9 Å². The first-order valence-corrected chi connectivity index (χ1v) is 14.4. The molecule has 0 unspecified atom stereocenters. The fraction of sp³-hybridized carbons (Fsp3) is 0.267. The normalized spacial score (nSPS) is 12.3. The zero-order valence-corrected chi connectivity index (χ0v) is 24.5. The summed E-state index contributed by atoms with van der Waals surface area (Å²) in [7, 11) is -0.853. The van der Waals surface area contributed by atoms with Crippen LogP contribution in [0.15, 0.2) is 78.0 Å². The number of hydrogen-bond acceptors (Lipinski definition) is 5. The van der Waals surface area contributed by atoms with Crippen LogP contribution in [0.25, 0.3) is 11.1 Å². The molecule has 0 spiro atoms. The molecule has 1 amide bonds. The minimum atomic E-state index is -4.56. The minimum Gasteiger partial charge on any atom is -0.495 e. The van der Waals surface area contributed by atoms with Crippen LogP contribution in [-0.2, 0) is 29.7 Å². The zero-order valence-electron chi connectivity index (χ0n) is 23.7. The van der Waals surface area contributed by atoms with E-state index in [4.69, 9.17) is 4.74 Å². The fourth-order valence-electron chi connectivity index (χ4n) is 4.47. The van der Waals surface area contributed by atoms with Gasteiger partial charge in [-0.3, -0.25) is 4.79 Å². The van der Waals surface area contributed by atoms with Crippen molar-refractivity contribution < 1.29 is 31.1 Å². The van der Waals surface area contributed by atoms with Gasteiger partial charge in [0, 0.05) is 42.7 Å². The van der Waals surface area contributed by atoms with Crippen molar-refractivity contribution in [1.82, 2.24) is 14.3 Å². The summed E-state index contributed by atoms with van der Waals surface area (Å²) in [6.07, 6.45) is -1.03. The molecule has 4 aromatic rings. The van der Waals surface area contributed by atoms with Gasteiger partial charge in [-0.1, -0.05) is 24.3 Å². The van der Waals surface area contributed by atoms with Crippen LogP contribution in [0.5, 0.6) is 5.75 Å². The van der Waals surface area contributed by atoms with E-state index in [1.165, 1.54) is 49.6 Å². The fourth-order valence-corrected chi connectivity index (χ4v) is 6.05. The standard InChI is InChI=1S/C30H31F3N4O4S/c1-29(2,3)36-42(39,40)26-13-10-19(17-25(26)41-5)28(38)35-21-11-12-22(20(16-21)18-27-34-14-15-37(27)4)23-8-6-7-9-24(23)30(31,32)33/h6-17,36H,18H2,1-5H3,(H,35,38). The number of halogens is 3. The van der Waals surface area contributed by atoms with Crippen molar-refractivity contribution in [3.8, 4) is 16.9 Å². The van der Waals surface area contributed by atoms with E-state index in [0.29, 0.717) is 22.6 Å². The quantitative estimate of drug-likeness (QED) is 0.257. The van der Waals surface area contributed by atoms with E-state index in [-0.39, 0.29) is 28.2 Å². The monoisotopic (exact) mass is 600 g/mol. The second-order valence-corrected chi connectivity index (χ2v) is 12.4. The van der Waals surface area contributed by atoms with Crippen LogP contribution >= 0.6 is 0 Å². The Morgan fingerprint density at radius 3 is 2.33 bits per heavy atom. The zero-order chi connectivity index (χ0) is 30.9. The molecule has 1 heterocycles. The first-order chi connectivity index (χ1) is 19.6. The number of imidazole rings is 1. The Morgan fingerprint density at radius 1 is 1.00 bits per heavy atom. The molecule has 8 nitrogen and oxygen atoms in total. The molecular weight excluding hydrogens is 569 g/mol. The number of rotatable bonds is 8. The van der Waals surface area contributed by atoms with E-state index in [2.05, 4.69) is 15.0 Å². The van der Waals surface area contributed by atoms with Crippen molar-refractivity contribution in [1.29, 1.82) is 0 Å². The molecular formula is C30H31F3N4O4S. The molecule has 42 heavy (non-hydrogen) atoms. The second-order valence-electron chi connectivity index (χ2n) is 10.7. The van der Waals surface area contributed by atoms with E-state index < -0.39 is 33.2 Å². The average Bonchev–Trinajstić information content (AvgIpc) is 3.30. The number of anilines is 1. The Labute approximate surface area is 242 Å². The Morgan fingerprint density at radius 2 is 1.71 bits per heavy atom. The topological polar surface area (TPSA) is 102 Å². The summed E-state index contributed by atoms with van der Waals surface area (Å²) in [5, 5.41) is 2.76. The number of amides is 1. The number of nitrogens with one attached hydrogen (secondary N) is 2. The lowest BCUT2D eigenvalue weighted by atomic mass is 9.93. The van der Waals surface area contributed by atoms with Crippen molar-refractivity contribution in [2.45, 2.75) is 43.8 Å². The number of carbonyl (C=O) groups excluding carboxylic acids is 1. The average molecular weight is 601 g/mol. The maximum atomic E-state index is 13.9. The molecule has 3 aromatic carbocycles. The van der Waals surface area contributed by atoms with Gasteiger partial charge in [-0.2, -0.15) is 13.2 Å². The van der Waals surface area contributed by atoms with E-state index in [1.54, 1.807) is 56.9 Å². The third kappa shape index (κ3) is 7.00. The van der Waals surface area contributed by atoms with Crippen LogP contribution < -0.4 is 14.8 Å². The second kappa shape index (κ2) is 11.6. The van der Waals surface area contributed by atoms with Gasteiger partial charge in [0.25, 0.3) is 5.91 Å². The maximum Gasteiger partial charge on any atom is 0.417 e. The first kappa shape index (κ1) is 30.8. The number of hydrogen-bond donors (Lipinski definition) is 2. The Hall–Kier alpha value is -4.16. The minimum absolute atomic E-state index is 0.0116. The maximum absolute atomic E-state index is 13.9. The molecule has 0 saturated heterocycles. The molecule has 2 N–H and O–H groups in total. The number of alkyl halides is 3. The van der Waals surface area contributed by atoms with Crippen LogP contribution in [0.1, 0.15) is 48.1 Å². The van der Waals surface area contributed by atoms with Gasteiger partial charge in [0.15, 0.2) is 0 Å². The summed E-state index contributed by atoms with van der Waals surface area (Å²) < 4.78 is 76.9. The lowest BCUT2D eigenvalue weighted by Gasteiger charge is -2.21. The summed E-state index contributed by atoms with van der Waals surface area (Å²) in [6.45, 7) is 5.11. The summed E-state index contributed by atoms with van der Waals surface area (Å²) in [5.41, 5.74) is -0.165. The van der Waals surface area contributed by atoms with E-state index in [1.807, 2.05) is 0 Å². The predicted molar refractivity (Wildman–Crippen MR) is 154 cm³/mol. The SMILES string of the molecule is COc1cc(C(=O)Nc2ccc(-c3ccccc3C(F)(F)F)c(Cc3nccn3C)c2)ccc1S(=O)(=O)NC(C)(C)C. The first-order valence-electron chi connectivity index (χ1n) is 12.9. The van der Waals surface area contributed by atoms with Crippen LogP contribution in [0.2, 0.25) is 0 Å². The number of ether oxygens (including phenoxy) is 1. The Kier molecular flexibility index (Phi) is 8.51. The number of aromatic nitrogens is 2. The molecule has 0 bridgehead atoms. The molecule has 4 rings (SSSR count). The smallest absolute Gasteiger partial charge is 0.417 e. The van der Waals surface area contributed by atoms with Gasteiger partial charge in [-0.25, -0.2) is 18.1 Å². The van der Waals surface area contributed by atoms with Crippen LogP contribution in [0.3, 0.4) is 0 Å². The third-order valence-electron chi connectivity index (χ3n) is 6.31. The lowest BCUT2D eigenvalue weighted by molar-refractivity contribution is -0.137. The lowest BCUT2D eigenvalue weighted by Crippen LogP contribution is -2.40. The Balaban J connectivity index is 1.70. The molecule has 0 fully saturated rings. The van der Waals surface area contributed by atoms with Crippen LogP contribution in [0, 0.1) is 0 Å². The summed E-state index contributed by atoms with van der Waals surface area (Å²) in [6, 6.07) is 13.9. The molecule has 0 aliphatic heterocycles. The van der Waals surface area contributed by atoms with Crippen LogP contribution in [-0.4, -0.2) is 36.5 Å². The number of sulfonamides is 1. The van der Waals surface area contributed by atoms with E-state index >= 15 is 0 Å². The van der Waals surface area contributed by atoms with Gasteiger partial charge in [0.05, 0.1) is 12.7 Å². The highest BCUT2D eigenvalue weighted by atomic mass is 32.2. The summed E-state index contributed by atoms with van der Waals surface area (Å²) >= 11 is 0. The van der Waals surface area contributed by atoms with Crippen molar-refractivity contribution >= 4 is 21.6 Å². The molecule has 1 aromatic heterocycles. The van der Waals surface area contributed by atoms with E-state index in [9.17, 15) is 26.4 Å². The third-order valence-corrected chi connectivity index (χ3v) is 8.11. The van der Waals surface area contributed by atoms with Gasteiger partial charge in [0.2, 0.25) is 10.0 Å². The van der Waals surface area contributed by atoms with Crippen molar-refractivity contribution in [3.63, 3.8) is 0 Å². The van der Waals surface area contributed by atoms with E-state index in [0.717, 1.165) is 6.07 Å². The highest BCUT2D eigenvalue weighted by molar-refractivity contribution is 7.89. The molecule has 0 atom stereocenters. The molecule has 0 saturated carbocycles. The summed E-state index contributed by atoms with van der Waals surface area (Å²) in [4.78, 5) is 17.4. The highest BCUT2D eigenvalue weighted by Gasteiger charge is 2.34. The summed E-state index contributed by atoms with van der Waals surface area (Å²) in [5.74, 6) is 0.0380. The largest absolute Gasteiger partial charge is 0.495 e.